The van der Waals surface area contributed by atoms with Crippen molar-refractivity contribution in [3.05, 3.63) is 53.3 Å². The zero-order valence-electron chi connectivity index (χ0n) is 12.5. The normalized spacial score (nSPS) is 16.4. The Morgan fingerprint density at radius 3 is 2.50 bits per heavy atom. The second kappa shape index (κ2) is 6.49. The van der Waals surface area contributed by atoms with Crippen molar-refractivity contribution in [3.63, 3.8) is 0 Å². The van der Waals surface area contributed by atoms with Crippen molar-refractivity contribution < 1.29 is 19.1 Å². The minimum atomic E-state index is -1.03. The maximum Gasteiger partial charge on any atom is 0.326 e. The number of carboxylic acid groups (broad SMARTS) is 1. The quantitative estimate of drug-likeness (QED) is 0.885. The van der Waals surface area contributed by atoms with Crippen molar-refractivity contribution >= 4 is 29.3 Å². The van der Waals surface area contributed by atoms with Crippen LogP contribution in [0.15, 0.2) is 42.5 Å². The summed E-state index contributed by atoms with van der Waals surface area (Å²) in [7, 11) is 0. The molecule has 5 nitrogen and oxygen atoms in total. The summed E-state index contributed by atoms with van der Waals surface area (Å²) >= 11 is 6.00. The number of carbonyl (C=O) groups is 2. The summed E-state index contributed by atoms with van der Waals surface area (Å²) in [6, 6.07) is 9.49. The first-order valence-corrected chi connectivity index (χ1v) is 7.69. The Labute approximate surface area is 142 Å². The lowest BCUT2D eigenvalue weighted by Gasteiger charge is -2.37. The number of hydrogen-bond donors (Lipinski definition) is 2. The molecule has 0 saturated carbocycles. The van der Waals surface area contributed by atoms with E-state index in [2.05, 4.69) is 5.32 Å². The summed E-state index contributed by atoms with van der Waals surface area (Å²) in [4.78, 5) is 24.6. The Kier molecular flexibility index (Phi) is 4.40. The molecule has 124 valence electrons. The average Bonchev–Trinajstić information content (AvgIpc) is 2.47. The standard InChI is InChI=1S/C17H14ClFN2O3/c18-11-3-6-13(10-1-4-12(19)5-2-10)14(9-11)20-17(24)21-8-7-15(21)16(22)23/h1-6,9,15H,7-8H2,(H,20,24)(H,22,23)/t15-/m1/s1. The van der Waals surface area contributed by atoms with E-state index in [1.807, 2.05) is 0 Å². The Balaban J connectivity index is 1.87. The number of benzene rings is 2. The van der Waals surface area contributed by atoms with Gasteiger partial charge in [0.2, 0.25) is 0 Å². The number of amides is 2. The van der Waals surface area contributed by atoms with Gasteiger partial charge in [0.15, 0.2) is 0 Å². The topological polar surface area (TPSA) is 69.6 Å². The molecule has 1 aliphatic rings. The van der Waals surface area contributed by atoms with Crippen LogP contribution >= 0.6 is 11.6 Å². The molecule has 0 bridgehead atoms. The van der Waals surface area contributed by atoms with Gasteiger partial charge in [0.05, 0.1) is 5.69 Å². The van der Waals surface area contributed by atoms with Gasteiger partial charge in [-0.05, 0) is 36.2 Å². The van der Waals surface area contributed by atoms with E-state index in [0.717, 1.165) is 0 Å². The van der Waals surface area contributed by atoms with Gasteiger partial charge in [-0.25, -0.2) is 14.0 Å². The molecule has 0 aliphatic carbocycles. The van der Waals surface area contributed by atoms with E-state index >= 15 is 0 Å². The van der Waals surface area contributed by atoms with Gasteiger partial charge >= 0.3 is 12.0 Å². The van der Waals surface area contributed by atoms with E-state index in [9.17, 15) is 14.0 Å². The second-order valence-electron chi connectivity index (χ2n) is 5.46. The van der Waals surface area contributed by atoms with Gasteiger partial charge in [0, 0.05) is 17.1 Å². The van der Waals surface area contributed by atoms with Crippen LogP contribution < -0.4 is 5.32 Å². The number of hydrogen-bond acceptors (Lipinski definition) is 2. The highest BCUT2D eigenvalue weighted by Crippen LogP contribution is 2.31. The van der Waals surface area contributed by atoms with Crippen LogP contribution in [-0.4, -0.2) is 34.6 Å². The van der Waals surface area contributed by atoms with Gasteiger partial charge in [-0.15, -0.1) is 0 Å². The maximum absolute atomic E-state index is 13.1. The first-order chi connectivity index (χ1) is 11.5. The fourth-order valence-corrected chi connectivity index (χ4v) is 2.75. The molecule has 0 radical (unpaired) electrons. The van der Waals surface area contributed by atoms with E-state index in [0.29, 0.717) is 34.8 Å². The van der Waals surface area contributed by atoms with Crippen LogP contribution in [0.2, 0.25) is 5.02 Å². The first kappa shape index (κ1) is 16.3. The zero-order chi connectivity index (χ0) is 17.3. The fourth-order valence-electron chi connectivity index (χ4n) is 2.58. The van der Waals surface area contributed by atoms with E-state index < -0.39 is 18.0 Å². The van der Waals surface area contributed by atoms with Gasteiger partial charge < -0.3 is 15.3 Å². The van der Waals surface area contributed by atoms with Crippen LogP contribution in [0, 0.1) is 5.82 Å². The molecule has 1 aliphatic heterocycles. The maximum atomic E-state index is 13.1. The lowest BCUT2D eigenvalue weighted by Crippen LogP contribution is -2.56. The van der Waals surface area contributed by atoms with Gasteiger partial charge in [-0.2, -0.15) is 0 Å². The first-order valence-electron chi connectivity index (χ1n) is 7.31. The Hall–Kier alpha value is -2.60. The van der Waals surface area contributed by atoms with Crippen molar-refractivity contribution in [2.75, 3.05) is 11.9 Å². The van der Waals surface area contributed by atoms with E-state index in [4.69, 9.17) is 16.7 Å². The van der Waals surface area contributed by atoms with Gasteiger partial charge in [0.25, 0.3) is 0 Å². The molecule has 0 aromatic heterocycles. The number of halogens is 2. The number of likely N-dealkylation sites (tertiary alicyclic amines) is 1. The number of carboxylic acids is 1. The number of aliphatic carboxylic acids is 1. The third kappa shape index (κ3) is 3.19. The summed E-state index contributed by atoms with van der Waals surface area (Å²) < 4.78 is 13.1. The van der Waals surface area contributed by atoms with E-state index in [-0.39, 0.29) is 5.82 Å². The Morgan fingerprint density at radius 2 is 1.92 bits per heavy atom. The minimum Gasteiger partial charge on any atom is -0.480 e. The molecule has 1 heterocycles. The number of nitrogens with one attached hydrogen (secondary N) is 1. The second-order valence-corrected chi connectivity index (χ2v) is 5.90. The molecule has 24 heavy (non-hydrogen) atoms. The Bertz CT molecular complexity index is 795. The van der Waals surface area contributed by atoms with Gasteiger partial charge in [0.1, 0.15) is 11.9 Å². The smallest absolute Gasteiger partial charge is 0.326 e. The molecule has 3 rings (SSSR count). The average molecular weight is 349 g/mol. The number of nitrogens with zero attached hydrogens (tertiary/aromatic N) is 1. The molecule has 2 amide bonds. The molecule has 7 heteroatoms. The molecule has 1 saturated heterocycles. The van der Waals surface area contributed by atoms with Crippen LogP contribution in [0.3, 0.4) is 0 Å². The summed E-state index contributed by atoms with van der Waals surface area (Å²) in [6.45, 7) is 0.384. The lowest BCUT2D eigenvalue weighted by atomic mass is 10.0. The fraction of sp³-hybridized carbons (Fsp3) is 0.176. The van der Waals surface area contributed by atoms with Gasteiger partial charge in [-0.3, -0.25) is 0 Å². The minimum absolute atomic E-state index is 0.358. The van der Waals surface area contributed by atoms with Crippen LogP contribution in [0.4, 0.5) is 14.9 Å². The highest BCUT2D eigenvalue weighted by atomic mass is 35.5. The number of carbonyl (C=O) groups excluding carboxylic acids is 1. The molecule has 1 atom stereocenters. The molecule has 2 aromatic rings. The molecule has 1 fully saturated rings. The molecule has 2 N–H and O–H groups in total. The molecule has 0 unspecified atom stereocenters. The summed E-state index contributed by atoms with van der Waals surface area (Å²) in [5.41, 5.74) is 1.82. The number of anilines is 1. The van der Waals surface area contributed by atoms with Crippen LogP contribution in [0.25, 0.3) is 11.1 Å². The van der Waals surface area contributed by atoms with Crippen LogP contribution in [0.1, 0.15) is 6.42 Å². The highest BCUT2D eigenvalue weighted by Gasteiger charge is 2.37. The van der Waals surface area contributed by atoms with Crippen LogP contribution in [-0.2, 0) is 4.79 Å². The zero-order valence-corrected chi connectivity index (χ0v) is 13.3. The molecular formula is C17H14ClFN2O3. The Morgan fingerprint density at radius 1 is 1.21 bits per heavy atom. The van der Waals surface area contributed by atoms with E-state index in [1.54, 1.807) is 30.3 Å². The predicted molar refractivity (Wildman–Crippen MR) is 88.6 cm³/mol. The largest absolute Gasteiger partial charge is 0.480 e. The third-order valence-corrected chi connectivity index (χ3v) is 4.18. The summed E-state index contributed by atoms with van der Waals surface area (Å²) in [5, 5.41) is 12.2. The highest BCUT2D eigenvalue weighted by molar-refractivity contribution is 6.31. The SMILES string of the molecule is O=C(O)[C@H]1CCN1C(=O)Nc1cc(Cl)ccc1-c1ccc(F)cc1. The van der Waals surface area contributed by atoms with Crippen molar-refractivity contribution in [3.8, 4) is 11.1 Å². The van der Waals surface area contributed by atoms with Crippen molar-refractivity contribution in [2.45, 2.75) is 12.5 Å². The third-order valence-electron chi connectivity index (χ3n) is 3.94. The van der Waals surface area contributed by atoms with Crippen molar-refractivity contribution in [1.29, 1.82) is 0 Å². The lowest BCUT2D eigenvalue weighted by molar-refractivity contribution is -0.145. The van der Waals surface area contributed by atoms with Crippen molar-refractivity contribution in [1.82, 2.24) is 4.90 Å². The van der Waals surface area contributed by atoms with Crippen LogP contribution in [0.5, 0.6) is 0 Å². The van der Waals surface area contributed by atoms with Crippen molar-refractivity contribution in [2.24, 2.45) is 0 Å². The van der Waals surface area contributed by atoms with E-state index in [1.165, 1.54) is 17.0 Å². The van der Waals surface area contributed by atoms with Gasteiger partial charge in [-0.1, -0.05) is 29.8 Å². The molecular weight excluding hydrogens is 335 g/mol. The monoisotopic (exact) mass is 348 g/mol. The molecule has 2 aromatic carbocycles. The summed E-state index contributed by atoms with van der Waals surface area (Å²) in [6.07, 6.45) is 0.434. The number of rotatable bonds is 3. The molecule has 0 spiro atoms. The number of urea groups is 1. The predicted octanol–water partition coefficient (Wildman–Crippen LogP) is 3.84. The summed E-state index contributed by atoms with van der Waals surface area (Å²) in [5.74, 6) is -1.38.